The van der Waals surface area contributed by atoms with Gasteiger partial charge in [0.05, 0.1) is 47.8 Å². The predicted molar refractivity (Wildman–Crippen MR) is 140 cm³/mol. The standard InChI is InChI=1S/C29H26F3N5O3/c1-17-14-25(35-10-12-40-13-11-35)34-37-24(15-19-6-5-9-22(18(19)2)29(30,31)32)23(33-26(17)37)16-36-27(38)20-7-3-4-8-21(20)28(36)39/h3-9,14H,10-13,15-16H2,1-2H3. The highest BCUT2D eigenvalue weighted by Crippen LogP contribution is 2.34. The highest BCUT2D eigenvalue weighted by molar-refractivity contribution is 6.21. The fourth-order valence-corrected chi connectivity index (χ4v) is 5.39. The van der Waals surface area contributed by atoms with Gasteiger partial charge >= 0.3 is 6.18 Å². The van der Waals surface area contributed by atoms with Gasteiger partial charge in [-0.25, -0.2) is 9.50 Å². The molecule has 0 N–H and O–H groups in total. The van der Waals surface area contributed by atoms with E-state index in [1.54, 1.807) is 34.8 Å². The van der Waals surface area contributed by atoms with Crippen LogP contribution in [0.4, 0.5) is 19.0 Å². The summed E-state index contributed by atoms with van der Waals surface area (Å²) in [5.74, 6) is -0.171. The normalized spacial score (nSPS) is 15.8. The van der Waals surface area contributed by atoms with Gasteiger partial charge in [-0.15, -0.1) is 5.10 Å². The van der Waals surface area contributed by atoms with Crippen LogP contribution in [0.15, 0.2) is 48.5 Å². The van der Waals surface area contributed by atoms with Crippen molar-refractivity contribution in [3.63, 3.8) is 0 Å². The van der Waals surface area contributed by atoms with Gasteiger partial charge in [0, 0.05) is 19.5 Å². The van der Waals surface area contributed by atoms with Crippen molar-refractivity contribution in [1.29, 1.82) is 0 Å². The number of imide groups is 1. The number of amides is 2. The molecule has 6 rings (SSSR count). The molecule has 0 saturated carbocycles. The van der Waals surface area contributed by atoms with Crippen LogP contribution in [-0.2, 0) is 23.9 Å². The van der Waals surface area contributed by atoms with Gasteiger partial charge in [0.25, 0.3) is 11.8 Å². The molecule has 0 aliphatic carbocycles. The zero-order chi connectivity index (χ0) is 28.2. The number of nitrogens with zero attached hydrogens (tertiary/aromatic N) is 5. The van der Waals surface area contributed by atoms with E-state index in [2.05, 4.69) is 4.90 Å². The Morgan fingerprint density at radius 1 is 0.950 bits per heavy atom. The number of benzene rings is 2. The van der Waals surface area contributed by atoms with Crippen molar-refractivity contribution in [3.05, 3.63) is 93.3 Å². The summed E-state index contributed by atoms with van der Waals surface area (Å²) >= 11 is 0. The number of morpholine rings is 1. The third-order valence-electron chi connectivity index (χ3n) is 7.56. The number of anilines is 1. The molecule has 40 heavy (non-hydrogen) atoms. The van der Waals surface area contributed by atoms with E-state index < -0.39 is 23.6 Å². The monoisotopic (exact) mass is 549 g/mol. The summed E-state index contributed by atoms with van der Waals surface area (Å²) in [6, 6.07) is 12.6. The number of ether oxygens (including phenoxy) is 1. The second-order valence-electron chi connectivity index (χ2n) is 10.0. The number of hydrogen-bond acceptors (Lipinski definition) is 6. The first kappa shape index (κ1) is 26.0. The molecule has 2 aromatic carbocycles. The van der Waals surface area contributed by atoms with E-state index in [0.29, 0.717) is 65.8 Å². The van der Waals surface area contributed by atoms with E-state index >= 15 is 0 Å². The molecule has 0 bridgehead atoms. The third kappa shape index (κ3) is 4.40. The minimum absolute atomic E-state index is 0.0778. The lowest BCUT2D eigenvalue weighted by atomic mass is 9.98. The fourth-order valence-electron chi connectivity index (χ4n) is 5.39. The molecule has 4 aromatic rings. The maximum absolute atomic E-state index is 13.7. The molecule has 2 aromatic heterocycles. The lowest BCUT2D eigenvalue weighted by Crippen LogP contribution is -2.37. The van der Waals surface area contributed by atoms with Crippen molar-refractivity contribution < 1.29 is 27.5 Å². The molecule has 4 heterocycles. The van der Waals surface area contributed by atoms with Crippen molar-refractivity contribution in [2.24, 2.45) is 0 Å². The van der Waals surface area contributed by atoms with Crippen LogP contribution in [0.25, 0.3) is 5.65 Å². The first-order chi connectivity index (χ1) is 19.1. The molecule has 1 saturated heterocycles. The Morgan fingerprint density at radius 2 is 1.62 bits per heavy atom. The summed E-state index contributed by atoms with van der Waals surface area (Å²) < 4.78 is 48.2. The van der Waals surface area contributed by atoms with Gasteiger partial charge < -0.3 is 9.64 Å². The van der Waals surface area contributed by atoms with Crippen molar-refractivity contribution >= 4 is 23.3 Å². The Bertz CT molecular complexity index is 1620. The molecule has 2 amide bonds. The molecular formula is C29H26F3N5O3. The SMILES string of the molecule is Cc1c(Cc2c(CN3C(=O)c4ccccc4C3=O)nc3c(C)cc(N4CCOCC4)nn23)cccc1C(F)(F)F. The molecule has 0 radical (unpaired) electrons. The molecule has 2 aliphatic heterocycles. The predicted octanol–water partition coefficient (Wildman–Crippen LogP) is 4.59. The van der Waals surface area contributed by atoms with Gasteiger partial charge in [0.15, 0.2) is 5.65 Å². The number of rotatable bonds is 5. The summed E-state index contributed by atoms with van der Waals surface area (Å²) in [7, 11) is 0. The number of halogens is 3. The summed E-state index contributed by atoms with van der Waals surface area (Å²) in [6.45, 7) is 5.62. The smallest absolute Gasteiger partial charge is 0.378 e. The molecule has 0 unspecified atom stereocenters. The summed E-state index contributed by atoms with van der Waals surface area (Å²) in [4.78, 5) is 34.3. The number of hydrogen-bond donors (Lipinski definition) is 0. The lowest BCUT2D eigenvalue weighted by molar-refractivity contribution is -0.138. The van der Waals surface area contributed by atoms with Gasteiger partial charge in [0.2, 0.25) is 0 Å². The van der Waals surface area contributed by atoms with E-state index in [9.17, 15) is 22.8 Å². The molecular weight excluding hydrogens is 523 g/mol. The van der Waals surface area contributed by atoms with Gasteiger partial charge in [-0.3, -0.25) is 14.5 Å². The summed E-state index contributed by atoms with van der Waals surface area (Å²) in [6.07, 6.45) is -4.42. The van der Waals surface area contributed by atoms with Crippen molar-refractivity contribution in [3.8, 4) is 0 Å². The van der Waals surface area contributed by atoms with Crippen molar-refractivity contribution in [2.75, 3.05) is 31.2 Å². The fraction of sp³-hybridized carbons (Fsp3) is 0.310. The maximum atomic E-state index is 13.7. The molecule has 2 aliphatic rings. The number of carbonyl (C=O) groups is 2. The highest BCUT2D eigenvalue weighted by Gasteiger charge is 2.37. The second kappa shape index (κ2) is 9.74. The van der Waals surface area contributed by atoms with E-state index in [0.717, 1.165) is 16.5 Å². The third-order valence-corrected chi connectivity index (χ3v) is 7.56. The molecule has 11 heteroatoms. The van der Waals surface area contributed by atoms with Gasteiger partial charge in [-0.2, -0.15) is 13.2 Å². The number of carbonyl (C=O) groups excluding carboxylic acids is 2. The number of alkyl halides is 3. The largest absolute Gasteiger partial charge is 0.416 e. The van der Waals surface area contributed by atoms with Crippen LogP contribution < -0.4 is 4.90 Å². The molecule has 0 spiro atoms. The summed E-state index contributed by atoms with van der Waals surface area (Å²) in [5.41, 5.74) is 2.74. The number of imidazole rings is 1. The first-order valence-corrected chi connectivity index (χ1v) is 12.9. The minimum atomic E-state index is -4.50. The Morgan fingerprint density at radius 3 is 2.27 bits per heavy atom. The van der Waals surface area contributed by atoms with Crippen LogP contribution in [-0.4, -0.2) is 57.6 Å². The van der Waals surface area contributed by atoms with Crippen molar-refractivity contribution in [1.82, 2.24) is 19.5 Å². The van der Waals surface area contributed by atoms with Crippen LogP contribution in [0.5, 0.6) is 0 Å². The van der Waals surface area contributed by atoms with Gasteiger partial charge in [-0.05, 0) is 54.8 Å². The van der Waals surface area contributed by atoms with E-state index in [1.807, 2.05) is 13.0 Å². The average Bonchev–Trinajstić information content (AvgIpc) is 3.40. The van der Waals surface area contributed by atoms with E-state index in [1.165, 1.54) is 13.0 Å². The first-order valence-electron chi connectivity index (χ1n) is 12.9. The number of aromatic nitrogens is 3. The number of aryl methyl sites for hydroxylation is 1. The Kier molecular flexibility index (Phi) is 6.33. The zero-order valence-electron chi connectivity index (χ0n) is 22.0. The molecule has 1 fully saturated rings. The Labute approximate surface area is 228 Å². The molecule has 206 valence electrons. The quantitative estimate of drug-likeness (QED) is 0.339. The minimum Gasteiger partial charge on any atom is -0.378 e. The summed E-state index contributed by atoms with van der Waals surface area (Å²) in [5, 5.41) is 4.84. The van der Waals surface area contributed by atoms with Crippen LogP contribution in [0.1, 0.15) is 54.4 Å². The molecule has 8 nitrogen and oxygen atoms in total. The zero-order valence-corrected chi connectivity index (χ0v) is 22.0. The van der Waals surface area contributed by atoms with Crippen molar-refractivity contribution in [2.45, 2.75) is 33.0 Å². The maximum Gasteiger partial charge on any atom is 0.416 e. The van der Waals surface area contributed by atoms with Gasteiger partial charge in [-0.1, -0.05) is 24.3 Å². The van der Waals surface area contributed by atoms with E-state index in [4.69, 9.17) is 14.8 Å². The highest BCUT2D eigenvalue weighted by atomic mass is 19.4. The number of fused-ring (bicyclic) bond motifs is 2. The van der Waals surface area contributed by atoms with Crippen LogP contribution in [0.3, 0.4) is 0 Å². The van der Waals surface area contributed by atoms with Crippen LogP contribution in [0, 0.1) is 13.8 Å². The average molecular weight is 550 g/mol. The van der Waals surface area contributed by atoms with Crippen LogP contribution in [0.2, 0.25) is 0 Å². The Balaban J connectivity index is 1.47. The second-order valence-corrected chi connectivity index (χ2v) is 10.0. The van der Waals surface area contributed by atoms with Gasteiger partial charge in [0.1, 0.15) is 5.82 Å². The lowest BCUT2D eigenvalue weighted by Gasteiger charge is -2.28. The Hall–Kier alpha value is -4.25. The van der Waals surface area contributed by atoms with Crippen LogP contribution >= 0.6 is 0 Å². The topological polar surface area (TPSA) is 80.0 Å². The van der Waals surface area contributed by atoms with E-state index in [-0.39, 0.29) is 18.5 Å². The molecule has 0 atom stereocenters.